The van der Waals surface area contributed by atoms with Crippen LogP contribution in [-0.2, 0) is 21.4 Å². The minimum absolute atomic E-state index is 0.0834. The second kappa shape index (κ2) is 10.1. The predicted molar refractivity (Wildman–Crippen MR) is 102 cm³/mol. The molecular weight excluding hydrogens is 362 g/mol. The van der Waals surface area contributed by atoms with Gasteiger partial charge in [0, 0.05) is 30.7 Å². The fraction of sp³-hybridized carbons (Fsp3) is 0.588. The Bertz CT molecular complexity index is 665. The average Bonchev–Trinajstić information content (AvgIpc) is 2.44. The molecule has 0 spiro atoms. The van der Waals surface area contributed by atoms with Crippen LogP contribution in [-0.4, -0.2) is 62.5 Å². The number of hydrogen-bond acceptors (Lipinski definition) is 4. The highest BCUT2D eigenvalue weighted by molar-refractivity contribution is 7.88. The maximum atomic E-state index is 12.0. The largest absolute Gasteiger partial charge is 0.355 e. The third kappa shape index (κ3) is 8.67. The van der Waals surface area contributed by atoms with Gasteiger partial charge in [-0.05, 0) is 45.0 Å². The zero-order valence-corrected chi connectivity index (χ0v) is 16.9. The summed E-state index contributed by atoms with van der Waals surface area (Å²) in [5.74, 6) is -0.0834. The molecule has 0 radical (unpaired) electrons. The zero-order valence-electron chi connectivity index (χ0n) is 15.3. The monoisotopic (exact) mass is 389 g/mol. The van der Waals surface area contributed by atoms with Crippen molar-refractivity contribution >= 4 is 27.5 Å². The SMILES string of the molecule is CC(C)N(CCCNC(=O)CN(C)Cc1cccc(Cl)c1)S(C)(=O)=O. The maximum absolute atomic E-state index is 12.0. The van der Waals surface area contributed by atoms with Crippen LogP contribution in [0.1, 0.15) is 25.8 Å². The highest BCUT2D eigenvalue weighted by Gasteiger charge is 2.19. The van der Waals surface area contributed by atoms with E-state index in [0.717, 1.165) is 5.56 Å². The number of carbonyl (C=O) groups excluding carboxylic acids is 1. The molecule has 6 nitrogen and oxygen atoms in total. The number of sulfonamides is 1. The highest BCUT2D eigenvalue weighted by Crippen LogP contribution is 2.12. The predicted octanol–water partition coefficient (Wildman–Crippen LogP) is 1.95. The first-order valence-electron chi connectivity index (χ1n) is 8.26. The number of nitrogens with zero attached hydrogens (tertiary/aromatic N) is 2. The van der Waals surface area contributed by atoms with Gasteiger partial charge in [0.2, 0.25) is 15.9 Å². The lowest BCUT2D eigenvalue weighted by Gasteiger charge is -2.24. The molecule has 0 saturated heterocycles. The first-order chi connectivity index (χ1) is 11.6. The number of hydrogen-bond donors (Lipinski definition) is 1. The van der Waals surface area contributed by atoms with Crippen LogP contribution < -0.4 is 5.32 Å². The molecule has 1 amide bonds. The Morgan fingerprint density at radius 2 is 2.00 bits per heavy atom. The van der Waals surface area contributed by atoms with Crippen molar-refractivity contribution < 1.29 is 13.2 Å². The van der Waals surface area contributed by atoms with Crippen LogP contribution in [0.3, 0.4) is 0 Å². The summed E-state index contributed by atoms with van der Waals surface area (Å²) in [6.45, 7) is 5.42. The minimum atomic E-state index is -3.22. The summed E-state index contributed by atoms with van der Waals surface area (Å²) in [6.07, 6.45) is 1.78. The van der Waals surface area contributed by atoms with Gasteiger partial charge in [0.25, 0.3) is 0 Å². The van der Waals surface area contributed by atoms with Gasteiger partial charge in [0.15, 0.2) is 0 Å². The van der Waals surface area contributed by atoms with Crippen molar-refractivity contribution in [1.82, 2.24) is 14.5 Å². The van der Waals surface area contributed by atoms with Gasteiger partial charge in [-0.25, -0.2) is 8.42 Å². The molecule has 1 aromatic rings. The minimum Gasteiger partial charge on any atom is -0.355 e. The third-order valence-corrected chi connectivity index (χ3v) is 5.33. The van der Waals surface area contributed by atoms with Crippen LogP contribution in [0.15, 0.2) is 24.3 Å². The molecule has 0 atom stereocenters. The Kier molecular flexibility index (Phi) is 8.85. The number of nitrogens with one attached hydrogen (secondary N) is 1. The van der Waals surface area contributed by atoms with E-state index in [4.69, 9.17) is 11.6 Å². The van der Waals surface area contributed by atoms with Crippen LogP contribution >= 0.6 is 11.6 Å². The number of halogens is 1. The number of rotatable bonds is 10. The summed E-state index contributed by atoms with van der Waals surface area (Å²) in [6, 6.07) is 7.45. The molecule has 1 N–H and O–H groups in total. The lowest BCUT2D eigenvalue weighted by molar-refractivity contribution is -0.122. The molecule has 0 aromatic heterocycles. The molecule has 0 aliphatic carbocycles. The summed E-state index contributed by atoms with van der Waals surface area (Å²) in [5.41, 5.74) is 1.04. The van der Waals surface area contributed by atoms with Crippen LogP contribution in [0.2, 0.25) is 5.02 Å². The van der Waals surface area contributed by atoms with E-state index < -0.39 is 10.0 Å². The van der Waals surface area contributed by atoms with Gasteiger partial charge in [-0.2, -0.15) is 4.31 Å². The van der Waals surface area contributed by atoms with E-state index in [1.807, 2.05) is 50.1 Å². The van der Waals surface area contributed by atoms with E-state index in [-0.39, 0.29) is 18.5 Å². The summed E-state index contributed by atoms with van der Waals surface area (Å²) >= 11 is 5.95. The van der Waals surface area contributed by atoms with E-state index in [0.29, 0.717) is 31.1 Å². The molecule has 0 saturated carbocycles. The van der Waals surface area contributed by atoms with Crippen LogP contribution in [0.5, 0.6) is 0 Å². The van der Waals surface area contributed by atoms with Gasteiger partial charge in [0.05, 0.1) is 12.8 Å². The first kappa shape index (κ1) is 21.9. The van der Waals surface area contributed by atoms with E-state index in [1.54, 1.807) is 0 Å². The van der Waals surface area contributed by atoms with Crippen molar-refractivity contribution in [2.45, 2.75) is 32.9 Å². The quantitative estimate of drug-likeness (QED) is 0.621. The molecule has 0 fully saturated rings. The van der Waals surface area contributed by atoms with Gasteiger partial charge in [0.1, 0.15) is 0 Å². The van der Waals surface area contributed by atoms with Crippen LogP contribution in [0, 0.1) is 0 Å². The molecule has 1 rings (SSSR count). The molecule has 0 bridgehead atoms. The fourth-order valence-electron chi connectivity index (χ4n) is 2.57. The van der Waals surface area contributed by atoms with Crippen molar-refractivity contribution in [3.63, 3.8) is 0 Å². The fourth-order valence-corrected chi connectivity index (χ4v) is 4.01. The molecule has 0 heterocycles. The van der Waals surface area contributed by atoms with E-state index >= 15 is 0 Å². The second-order valence-corrected chi connectivity index (χ2v) is 8.84. The molecule has 0 aliphatic heterocycles. The lowest BCUT2D eigenvalue weighted by atomic mass is 10.2. The molecule has 0 unspecified atom stereocenters. The summed E-state index contributed by atoms with van der Waals surface area (Å²) in [7, 11) is -1.35. The van der Waals surface area contributed by atoms with Gasteiger partial charge in [-0.1, -0.05) is 23.7 Å². The summed E-state index contributed by atoms with van der Waals surface area (Å²) in [4.78, 5) is 13.9. The topological polar surface area (TPSA) is 69.7 Å². The number of likely N-dealkylation sites (N-methyl/N-ethyl adjacent to an activating group) is 1. The van der Waals surface area contributed by atoms with Gasteiger partial charge >= 0.3 is 0 Å². The van der Waals surface area contributed by atoms with Crippen molar-refractivity contribution in [2.24, 2.45) is 0 Å². The Balaban J connectivity index is 2.32. The van der Waals surface area contributed by atoms with E-state index in [9.17, 15) is 13.2 Å². The van der Waals surface area contributed by atoms with Gasteiger partial charge < -0.3 is 5.32 Å². The molecular formula is C17H28ClN3O3S. The third-order valence-electron chi connectivity index (χ3n) is 3.63. The van der Waals surface area contributed by atoms with Crippen LogP contribution in [0.25, 0.3) is 0 Å². The number of carbonyl (C=O) groups is 1. The van der Waals surface area contributed by atoms with E-state index in [1.165, 1.54) is 10.6 Å². The highest BCUT2D eigenvalue weighted by atomic mass is 35.5. The number of amides is 1. The summed E-state index contributed by atoms with van der Waals surface area (Å²) < 4.78 is 24.8. The van der Waals surface area contributed by atoms with Gasteiger partial charge in [-0.3, -0.25) is 9.69 Å². The van der Waals surface area contributed by atoms with Crippen molar-refractivity contribution in [3.8, 4) is 0 Å². The standard InChI is InChI=1S/C17H28ClN3O3S/c1-14(2)21(25(4,23)24)10-6-9-19-17(22)13-20(3)12-15-7-5-8-16(18)11-15/h5,7-8,11,14H,6,9-10,12-13H2,1-4H3,(H,19,22). The lowest BCUT2D eigenvalue weighted by Crippen LogP contribution is -2.39. The maximum Gasteiger partial charge on any atom is 0.234 e. The molecule has 8 heteroatoms. The molecule has 25 heavy (non-hydrogen) atoms. The Morgan fingerprint density at radius 1 is 1.32 bits per heavy atom. The van der Waals surface area contributed by atoms with Crippen LogP contribution in [0.4, 0.5) is 0 Å². The number of benzene rings is 1. The van der Waals surface area contributed by atoms with E-state index in [2.05, 4.69) is 5.32 Å². The van der Waals surface area contributed by atoms with Crippen molar-refractivity contribution in [1.29, 1.82) is 0 Å². The summed E-state index contributed by atoms with van der Waals surface area (Å²) in [5, 5.41) is 3.51. The average molecular weight is 390 g/mol. The second-order valence-electron chi connectivity index (χ2n) is 6.47. The molecule has 0 aliphatic rings. The normalized spacial score (nSPS) is 12.2. The van der Waals surface area contributed by atoms with Crippen molar-refractivity contribution in [3.05, 3.63) is 34.9 Å². The Labute approximate surface area is 156 Å². The Morgan fingerprint density at radius 3 is 2.56 bits per heavy atom. The molecule has 142 valence electrons. The Hall–Kier alpha value is -1.15. The smallest absolute Gasteiger partial charge is 0.234 e. The van der Waals surface area contributed by atoms with Gasteiger partial charge in [-0.15, -0.1) is 0 Å². The zero-order chi connectivity index (χ0) is 19.0. The molecule has 1 aromatic carbocycles. The van der Waals surface area contributed by atoms with Crippen molar-refractivity contribution in [2.75, 3.05) is 32.9 Å². The first-order valence-corrected chi connectivity index (χ1v) is 10.5.